The van der Waals surface area contributed by atoms with Crippen LogP contribution in [0.3, 0.4) is 0 Å². The Morgan fingerprint density at radius 1 is 1.26 bits per heavy atom. The standard InChI is InChI=1S/C20H21ClN4O2/c1-13-3-4-14(11-17(13)21)23-19-15-5-6-24(2)18(15)16(12-22-19)20(26)25-7-9-27-10-8-25/h3-6,11-12H,7-10H2,1-2H3,(H,22,23). The van der Waals surface area contributed by atoms with Gasteiger partial charge in [-0.05, 0) is 30.7 Å². The zero-order valence-electron chi connectivity index (χ0n) is 15.3. The second kappa shape index (κ2) is 7.21. The maximum Gasteiger partial charge on any atom is 0.257 e. The fourth-order valence-corrected chi connectivity index (χ4v) is 3.50. The van der Waals surface area contributed by atoms with Gasteiger partial charge in [0.05, 0.1) is 24.3 Å². The van der Waals surface area contributed by atoms with Crippen LogP contribution in [-0.2, 0) is 11.8 Å². The van der Waals surface area contributed by atoms with Crippen LogP contribution in [0.1, 0.15) is 15.9 Å². The van der Waals surface area contributed by atoms with E-state index in [1.165, 1.54) is 0 Å². The highest BCUT2D eigenvalue weighted by Crippen LogP contribution is 2.30. The zero-order chi connectivity index (χ0) is 19.0. The first kappa shape index (κ1) is 17.8. The van der Waals surface area contributed by atoms with Crippen LogP contribution in [-0.4, -0.2) is 46.7 Å². The van der Waals surface area contributed by atoms with E-state index in [1.807, 2.05) is 53.9 Å². The number of halogens is 1. The van der Waals surface area contributed by atoms with Crippen molar-refractivity contribution in [3.63, 3.8) is 0 Å². The van der Waals surface area contributed by atoms with E-state index in [2.05, 4.69) is 10.3 Å². The molecule has 1 aliphatic heterocycles. The van der Waals surface area contributed by atoms with Gasteiger partial charge in [-0.2, -0.15) is 0 Å². The molecule has 0 spiro atoms. The van der Waals surface area contributed by atoms with Crippen molar-refractivity contribution in [2.45, 2.75) is 6.92 Å². The van der Waals surface area contributed by atoms with Crippen LogP contribution in [0.4, 0.5) is 11.5 Å². The summed E-state index contributed by atoms with van der Waals surface area (Å²) in [5, 5.41) is 4.91. The van der Waals surface area contributed by atoms with E-state index >= 15 is 0 Å². The number of amides is 1. The molecule has 6 nitrogen and oxygen atoms in total. The first-order valence-corrected chi connectivity index (χ1v) is 9.26. The number of nitrogens with one attached hydrogen (secondary N) is 1. The van der Waals surface area contributed by atoms with Gasteiger partial charge in [-0.25, -0.2) is 4.98 Å². The molecule has 1 N–H and O–H groups in total. The number of morpholine rings is 1. The first-order chi connectivity index (χ1) is 13.0. The summed E-state index contributed by atoms with van der Waals surface area (Å²) in [6, 6.07) is 7.77. The van der Waals surface area contributed by atoms with Crippen LogP contribution < -0.4 is 5.32 Å². The normalized spacial score (nSPS) is 14.6. The molecule has 0 unspecified atom stereocenters. The maximum atomic E-state index is 13.0. The minimum Gasteiger partial charge on any atom is -0.378 e. The summed E-state index contributed by atoms with van der Waals surface area (Å²) in [6.07, 6.45) is 3.59. The third-order valence-corrected chi connectivity index (χ3v) is 5.28. The fourth-order valence-electron chi connectivity index (χ4n) is 3.32. The van der Waals surface area contributed by atoms with E-state index < -0.39 is 0 Å². The number of benzene rings is 1. The highest BCUT2D eigenvalue weighted by molar-refractivity contribution is 6.31. The molecular weight excluding hydrogens is 364 g/mol. The molecule has 0 atom stereocenters. The van der Waals surface area contributed by atoms with Crippen molar-refractivity contribution in [1.82, 2.24) is 14.5 Å². The number of hydrogen-bond donors (Lipinski definition) is 1. The molecule has 140 valence electrons. The summed E-state index contributed by atoms with van der Waals surface area (Å²) < 4.78 is 7.31. The van der Waals surface area contributed by atoms with Crippen LogP contribution in [0.2, 0.25) is 5.02 Å². The molecule has 3 heterocycles. The number of nitrogens with zero attached hydrogens (tertiary/aromatic N) is 3. The Balaban J connectivity index is 1.72. The Bertz CT molecular complexity index is 1010. The number of carbonyl (C=O) groups excluding carboxylic acids is 1. The molecule has 0 bridgehead atoms. The second-order valence-electron chi connectivity index (χ2n) is 6.70. The second-order valence-corrected chi connectivity index (χ2v) is 7.11. The summed E-state index contributed by atoms with van der Waals surface area (Å²) in [7, 11) is 1.94. The van der Waals surface area contributed by atoms with Crippen molar-refractivity contribution >= 4 is 39.9 Å². The van der Waals surface area contributed by atoms with Gasteiger partial charge in [0, 0.05) is 48.6 Å². The van der Waals surface area contributed by atoms with Crippen LogP contribution >= 0.6 is 11.6 Å². The lowest BCUT2D eigenvalue weighted by atomic mass is 10.1. The molecule has 27 heavy (non-hydrogen) atoms. The number of pyridine rings is 1. The molecule has 1 amide bonds. The van der Waals surface area contributed by atoms with Crippen molar-refractivity contribution in [3.8, 4) is 0 Å². The van der Waals surface area contributed by atoms with Crippen LogP contribution in [0.5, 0.6) is 0 Å². The Hall–Kier alpha value is -2.57. The van der Waals surface area contributed by atoms with E-state index in [4.69, 9.17) is 16.3 Å². The number of fused-ring (bicyclic) bond motifs is 1. The quantitative estimate of drug-likeness (QED) is 0.747. The molecule has 1 fully saturated rings. The molecule has 7 heteroatoms. The lowest BCUT2D eigenvalue weighted by Gasteiger charge is -2.27. The number of rotatable bonds is 3. The van der Waals surface area contributed by atoms with E-state index in [1.54, 1.807) is 6.20 Å². The van der Waals surface area contributed by atoms with Gasteiger partial charge in [-0.15, -0.1) is 0 Å². The molecule has 4 rings (SSSR count). The average Bonchev–Trinajstić information content (AvgIpc) is 3.08. The topological polar surface area (TPSA) is 59.4 Å². The SMILES string of the molecule is Cc1ccc(Nc2ncc(C(=O)N3CCOCC3)c3c2ccn3C)cc1Cl. The molecule has 0 radical (unpaired) electrons. The molecule has 0 saturated carbocycles. The minimum absolute atomic E-state index is 0.0115. The van der Waals surface area contributed by atoms with Crippen LogP contribution in [0.25, 0.3) is 10.9 Å². The van der Waals surface area contributed by atoms with Gasteiger partial charge in [0.1, 0.15) is 5.82 Å². The van der Waals surface area contributed by atoms with Gasteiger partial charge in [0.15, 0.2) is 0 Å². The number of ether oxygens (including phenoxy) is 1. The zero-order valence-corrected chi connectivity index (χ0v) is 16.1. The summed E-state index contributed by atoms with van der Waals surface area (Å²) in [5.41, 5.74) is 3.34. The van der Waals surface area contributed by atoms with E-state index in [9.17, 15) is 4.79 Å². The van der Waals surface area contributed by atoms with Gasteiger partial charge >= 0.3 is 0 Å². The summed E-state index contributed by atoms with van der Waals surface area (Å²) >= 11 is 6.23. The average molecular weight is 385 g/mol. The molecule has 1 saturated heterocycles. The van der Waals surface area contributed by atoms with Crippen molar-refractivity contribution in [3.05, 3.63) is 52.8 Å². The minimum atomic E-state index is -0.0115. The molecular formula is C20H21ClN4O2. The molecule has 1 aliphatic rings. The number of hydrogen-bond acceptors (Lipinski definition) is 4. The predicted molar refractivity (Wildman–Crippen MR) is 107 cm³/mol. The Morgan fingerprint density at radius 3 is 2.78 bits per heavy atom. The van der Waals surface area contributed by atoms with E-state index in [0.717, 1.165) is 22.2 Å². The van der Waals surface area contributed by atoms with Gasteiger partial charge in [0.25, 0.3) is 5.91 Å². The van der Waals surface area contributed by atoms with Gasteiger partial charge in [0.2, 0.25) is 0 Å². The first-order valence-electron chi connectivity index (χ1n) is 8.89. The third kappa shape index (κ3) is 3.38. The molecule has 0 aliphatic carbocycles. The van der Waals surface area contributed by atoms with Crippen molar-refractivity contribution in [2.75, 3.05) is 31.6 Å². The number of carbonyl (C=O) groups is 1. The molecule has 1 aromatic carbocycles. The Labute approximate surface area is 162 Å². The lowest BCUT2D eigenvalue weighted by Crippen LogP contribution is -2.40. The highest BCUT2D eigenvalue weighted by Gasteiger charge is 2.23. The summed E-state index contributed by atoms with van der Waals surface area (Å²) in [6.45, 7) is 4.32. The van der Waals surface area contributed by atoms with Crippen molar-refractivity contribution in [1.29, 1.82) is 0 Å². The van der Waals surface area contributed by atoms with Gasteiger partial charge in [-0.3, -0.25) is 4.79 Å². The third-order valence-electron chi connectivity index (χ3n) is 4.87. The van der Waals surface area contributed by atoms with Gasteiger partial charge < -0.3 is 19.5 Å². The van der Waals surface area contributed by atoms with Crippen molar-refractivity contribution < 1.29 is 9.53 Å². The largest absolute Gasteiger partial charge is 0.378 e. The number of aromatic nitrogens is 2. The maximum absolute atomic E-state index is 13.0. The van der Waals surface area contributed by atoms with Crippen LogP contribution in [0, 0.1) is 6.92 Å². The smallest absolute Gasteiger partial charge is 0.257 e. The summed E-state index contributed by atoms with van der Waals surface area (Å²) in [5.74, 6) is 0.687. The van der Waals surface area contributed by atoms with E-state index in [-0.39, 0.29) is 5.91 Å². The highest BCUT2D eigenvalue weighted by atomic mass is 35.5. The molecule has 2 aromatic heterocycles. The number of aryl methyl sites for hydroxylation is 2. The van der Waals surface area contributed by atoms with Crippen molar-refractivity contribution in [2.24, 2.45) is 7.05 Å². The molecule has 3 aromatic rings. The monoisotopic (exact) mass is 384 g/mol. The Kier molecular flexibility index (Phi) is 4.76. The lowest BCUT2D eigenvalue weighted by molar-refractivity contribution is 0.0303. The summed E-state index contributed by atoms with van der Waals surface area (Å²) in [4.78, 5) is 19.4. The number of anilines is 2. The van der Waals surface area contributed by atoms with E-state index in [0.29, 0.717) is 42.7 Å². The van der Waals surface area contributed by atoms with Gasteiger partial charge in [-0.1, -0.05) is 17.7 Å². The predicted octanol–water partition coefficient (Wildman–Crippen LogP) is 3.75. The van der Waals surface area contributed by atoms with Crippen LogP contribution in [0.15, 0.2) is 36.7 Å². The fraction of sp³-hybridized carbons (Fsp3) is 0.300. The Morgan fingerprint density at radius 2 is 2.04 bits per heavy atom.